The molecule has 2 N–H and O–H groups in total. The van der Waals surface area contributed by atoms with Crippen molar-refractivity contribution in [1.29, 1.82) is 0 Å². The van der Waals surface area contributed by atoms with E-state index in [0.29, 0.717) is 5.92 Å². The van der Waals surface area contributed by atoms with Gasteiger partial charge in [-0.25, -0.2) is 4.39 Å². The van der Waals surface area contributed by atoms with Crippen molar-refractivity contribution >= 4 is 0 Å². The first-order valence-electron chi connectivity index (χ1n) is 5.92. The summed E-state index contributed by atoms with van der Waals surface area (Å²) in [6.07, 6.45) is 1.83. The Morgan fingerprint density at radius 2 is 2.35 bits per heavy atom. The number of aliphatic hydroxyl groups excluding tert-OH is 1. The summed E-state index contributed by atoms with van der Waals surface area (Å²) in [5.41, 5.74) is 0.918. The van der Waals surface area contributed by atoms with Crippen LogP contribution in [0.15, 0.2) is 18.2 Å². The van der Waals surface area contributed by atoms with Crippen LogP contribution in [0, 0.1) is 11.7 Å². The van der Waals surface area contributed by atoms with Gasteiger partial charge in [0.2, 0.25) is 0 Å². The minimum Gasteiger partial charge on any atom is -0.494 e. The predicted octanol–water partition coefficient (Wildman–Crippen LogP) is 1.87. The van der Waals surface area contributed by atoms with Crippen LogP contribution in [0.1, 0.15) is 24.4 Å². The molecule has 0 radical (unpaired) electrons. The van der Waals surface area contributed by atoms with Crippen molar-refractivity contribution in [3.8, 4) is 5.75 Å². The molecule has 1 fully saturated rings. The number of rotatable bonds is 3. The summed E-state index contributed by atoms with van der Waals surface area (Å²) in [7, 11) is 1.46. The Hall–Kier alpha value is -1.13. The van der Waals surface area contributed by atoms with Crippen molar-refractivity contribution in [3.05, 3.63) is 29.6 Å². The molecule has 2 unspecified atom stereocenters. The first-order valence-corrected chi connectivity index (χ1v) is 5.92. The molecule has 17 heavy (non-hydrogen) atoms. The third kappa shape index (κ3) is 2.76. The van der Waals surface area contributed by atoms with E-state index in [4.69, 9.17) is 4.74 Å². The average Bonchev–Trinajstić information content (AvgIpc) is 2.38. The number of hydrogen-bond donors (Lipinski definition) is 2. The highest BCUT2D eigenvalue weighted by Crippen LogP contribution is 2.29. The molecule has 0 aliphatic carbocycles. The molecular weight excluding hydrogens is 221 g/mol. The highest BCUT2D eigenvalue weighted by molar-refractivity contribution is 5.31. The van der Waals surface area contributed by atoms with Gasteiger partial charge in [-0.05, 0) is 43.0 Å². The number of benzene rings is 1. The monoisotopic (exact) mass is 239 g/mol. The minimum atomic E-state index is -0.335. The molecule has 2 rings (SSSR count). The van der Waals surface area contributed by atoms with Gasteiger partial charge in [0.05, 0.1) is 7.11 Å². The topological polar surface area (TPSA) is 41.5 Å². The Labute approximate surface area is 101 Å². The Kier molecular flexibility index (Phi) is 3.97. The average molecular weight is 239 g/mol. The van der Waals surface area contributed by atoms with Crippen LogP contribution in [0.5, 0.6) is 5.75 Å². The van der Waals surface area contributed by atoms with Crippen molar-refractivity contribution < 1.29 is 14.2 Å². The lowest BCUT2D eigenvalue weighted by Crippen LogP contribution is -2.33. The highest BCUT2D eigenvalue weighted by Gasteiger charge is 2.22. The zero-order valence-corrected chi connectivity index (χ0v) is 9.95. The van der Waals surface area contributed by atoms with Crippen molar-refractivity contribution in [2.45, 2.75) is 18.9 Å². The fourth-order valence-corrected chi connectivity index (χ4v) is 2.32. The zero-order valence-electron chi connectivity index (χ0n) is 9.95. The Morgan fingerprint density at radius 1 is 1.53 bits per heavy atom. The van der Waals surface area contributed by atoms with Crippen LogP contribution < -0.4 is 10.1 Å². The molecule has 4 heteroatoms. The summed E-state index contributed by atoms with van der Waals surface area (Å²) in [5.74, 6) is 0.243. The van der Waals surface area contributed by atoms with Crippen LogP contribution in [-0.4, -0.2) is 25.4 Å². The lowest BCUT2D eigenvalue weighted by atomic mass is 9.89. The number of nitrogens with one attached hydrogen (secondary N) is 1. The molecule has 1 aromatic rings. The number of piperidine rings is 1. The summed E-state index contributed by atoms with van der Waals surface area (Å²) in [6.45, 7) is 1.07. The molecule has 0 spiro atoms. The molecule has 1 saturated heterocycles. The zero-order chi connectivity index (χ0) is 12.3. The van der Waals surface area contributed by atoms with Gasteiger partial charge in [-0.2, -0.15) is 0 Å². The molecule has 1 heterocycles. The van der Waals surface area contributed by atoms with E-state index in [1.165, 1.54) is 13.2 Å². The van der Waals surface area contributed by atoms with Crippen LogP contribution in [-0.2, 0) is 0 Å². The molecule has 0 amide bonds. The molecule has 1 aromatic carbocycles. The van der Waals surface area contributed by atoms with Crippen molar-refractivity contribution in [2.75, 3.05) is 20.3 Å². The van der Waals surface area contributed by atoms with E-state index in [9.17, 15) is 9.50 Å². The lowest BCUT2D eigenvalue weighted by molar-refractivity contribution is 0.176. The lowest BCUT2D eigenvalue weighted by Gasteiger charge is -2.29. The third-order valence-corrected chi connectivity index (χ3v) is 3.35. The van der Waals surface area contributed by atoms with Crippen LogP contribution in [0.25, 0.3) is 0 Å². The van der Waals surface area contributed by atoms with E-state index in [2.05, 4.69) is 5.32 Å². The van der Waals surface area contributed by atoms with Crippen LogP contribution >= 0.6 is 0 Å². The van der Waals surface area contributed by atoms with Gasteiger partial charge in [-0.15, -0.1) is 0 Å². The second-order valence-electron chi connectivity index (χ2n) is 4.47. The second kappa shape index (κ2) is 5.47. The van der Waals surface area contributed by atoms with Crippen molar-refractivity contribution in [3.63, 3.8) is 0 Å². The summed E-state index contributed by atoms with van der Waals surface area (Å²) >= 11 is 0. The van der Waals surface area contributed by atoms with Gasteiger partial charge in [0, 0.05) is 12.6 Å². The van der Waals surface area contributed by atoms with E-state index >= 15 is 0 Å². The molecule has 1 aliphatic heterocycles. The van der Waals surface area contributed by atoms with E-state index in [-0.39, 0.29) is 24.2 Å². The molecular formula is C13H18FNO2. The maximum atomic E-state index is 13.6. The van der Waals surface area contributed by atoms with Gasteiger partial charge < -0.3 is 15.2 Å². The first-order chi connectivity index (χ1) is 8.24. The summed E-state index contributed by atoms with van der Waals surface area (Å²) in [6, 6.07) is 5.16. The number of methoxy groups -OCH3 is 1. The van der Waals surface area contributed by atoms with Gasteiger partial charge in [-0.1, -0.05) is 6.07 Å². The van der Waals surface area contributed by atoms with Gasteiger partial charge in [-0.3, -0.25) is 0 Å². The SMILES string of the molecule is COc1ccc(C2CC(CO)CCN2)cc1F. The molecule has 1 aliphatic rings. The van der Waals surface area contributed by atoms with Crippen molar-refractivity contribution in [1.82, 2.24) is 5.32 Å². The van der Waals surface area contributed by atoms with E-state index in [0.717, 1.165) is 24.9 Å². The number of aliphatic hydroxyl groups is 1. The molecule has 0 saturated carbocycles. The maximum Gasteiger partial charge on any atom is 0.165 e. The Morgan fingerprint density at radius 3 is 3.00 bits per heavy atom. The number of ether oxygens (including phenoxy) is 1. The first kappa shape index (κ1) is 12.3. The minimum absolute atomic E-state index is 0.126. The third-order valence-electron chi connectivity index (χ3n) is 3.35. The summed E-state index contributed by atoms with van der Waals surface area (Å²) in [4.78, 5) is 0. The predicted molar refractivity (Wildman–Crippen MR) is 63.5 cm³/mol. The van der Waals surface area contributed by atoms with Crippen LogP contribution in [0.3, 0.4) is 0 Å². The Balaban J connectivity index is 2.13. The molecule has 0 aromatic heterocycles. The quantitative estimate of drug-likeness (QED) is 0.846. The summed E-state index contributed by atoms with van der Waals surface area (Å²) in [5, 5.41) is 12.5. The van der Waals surface area contributed by atoms with Gasteiger partial charge in [0.15, 0.2) is 11.6 Å². The van der Waals surface area contributed by atoms with E-state index < -0.39 is 0 Å². The smallest absolute Gasteiger partial charge is 0.165 e. The standard InChI is InChI=1S/C13H18FNO2/c1-17-13-3-2-10(7-11(13)14)12-6-9(8-16)4-5-15-12/h2-3,7,9,12,15-16H,4-6,8H2,1H3. The molecule has 3 nitrogen and oxygen atoms in total. The molecule has 0 bridgehead atoms. The Bertz CT molecular complexity index is 384. The number of halogens is 1. The maximum absolute atomic E-state index is 13.6. The van der Waals surface area contributed by atoms with Crippen molar-refractivity contribution in [2.24, 2.45) is 5.92 Å². The van der Waals surface area contributed by atoms with Gasteiger partial charge in [0.1, 0.15) is 0 Å². The largest absolute Gasteiger partial charge is 0.494 e. The van der Waals surface area contributed by atoms with Crippen LogP contribution in [0.2, 0.25) is 0 Å². The van der Waals surface area contributed by atoms with E-state index in [1.807, 2.05) is 6.07 Å². The molecule has 2 atom stereocenters. The fourth-order valence-electron chi connectivity index (χ4n) is 2.32. The van der Waals surface area contributed by atoms with Gasteiger partial charge in [0.25, 0.3) is 0 Å². The summed E-state index contributed by atoms with van der Waals surface area (Å²) < 4.78 is 18.5. The highest BCUT2D eigenvalue weighted by atomic mass is 19.1. The fraction of sp³-hybridized carbons (Fsp3) is 0.538. The second-order valence-corrected chi connectivity index (χ2v) is 4.47. The van der Waals surface area contributed by atoms with E-state index in [1.54, 1.807) is 6.07 Å². The van der Waals surface area contributed by atoms with Crippen LogP contribution in [0.4, 0.5) is 4.39 Å². The van der Waals surface area contributed by atoms with Gasteiger partial charge >= 0.3 is 0 Å². The normalized spacial score (nSPS) is 24.6. The number of hydrogen-bond acceptors (Lipinski definition) is 3. The molecule has 94 valence electrons.